The maximum Gasteiger partial charge on any atom is 0.490 e. The number of nitrogens with two attached hydrogens (primary N) is 1. The third-order valence-electron chi connectivity index (χ3n) is 6.94. The molecule has 2 aliphatic heterocycles. The van der Waals surface area contributed by atoms with Gasteiger partial charge in [-0.2, -0.15) is 13.2 Å². The van der Waals surface area contributed by atoms with E-state index < -0.39 is 17.7 Å². The Balaban J connectivity index is 0.000000493. The summed E-state index contributed by atoms with van der Waals surface area (Å²) >= 11 is 0. The molecule has 0 radical (unpaired) electrons. The van der Waals surface area contributed by atoms with Crippen LogP contribution in [0.1, 0.15) is 22.3 Å². The Morgan fingerprint density at radius 1 is 0.951 bits per heavy atom. The molecule has 2 aliphatic rings. The highest BCUT2D eigenvalue weighted by molar-refractivity contribution is 5.77. The predicted molar refractivity (Wildman–Crippen MR) is 142 cm³/mol. The molecule has 3 aromatic carbocycles. The first kappa shape index (κ1) is 29.4. The topological polar surface area (TPSA) is 125 Å². The molecule has 216 valence electrons. The van der Waals surface area contributed by atoms with Crippen molar-refractivity contribution in [2.45, 2.75) is 30.9 Å². The first-order valence-corrected chi connectivity index (χ1v) is 12.8. The van der Waals surface area contributed by atoms with Gasteiger partial charge in [-0.05, 0) is 11.1 Å². The van der Waals surface area contributed by atoms with E-state index in [1.807, 2.05) is 84.9 Å². The first-order valence-electron chi connectivity index (χ1n) is 12.8. The molecule has 0 saturated carbocycles. The summed E-state index contributed by atoms with van der Waals surface area (Å²) in [5.41, 5.74) is 8.55. The highest BCUT2D eigenvalue weighted by Gasteiger charge is 2.58. The van der Waals surface area contributed by atoms with Gasteiger partial charge in [-0.3, -0.25) is 4.90 Å². The van der Waals surface area contributed by atoms with Crippen molar-refractivity contribution in [2.75, 3.05) is 19.6 Å². The number of amides is 3. The number of urea groups is 1. The molecule has 1 atom stereocenters. The number of carboxylic acids is 1. The molecule has 2 saturated heterocycles. The quantitative estimate of drug-likeness (QED) is 0.425. The zero-order valence-corrected chi connectivity index (χ0v) is 21.9. The number of hydrogen-bond acceptors (Lipinski definition) is 5. The molecule has 5 rings (SSSR count). The van der Waals surface area contributed by atoms with E-state index in [9.17, 15) is 22.8 Å². The number of benzene rings is 3. The lowest BCUT2D eigenvalue weighted by atomic mass is 9.79. The lowest BCUT2D eigenvalue weighted by molar-refractivity contribution is -0.192. The number of piperazine rings is 1. The zero-order valence-electron chi connectivity index (χ0n) is 21.9. The van der Waals surface area contributed by atoms with Gasteiger partial charge >= 0.3 is 24.3 Å². The number of carbonyl (C=O) groups excluding carboxylic acids is 2. The SMILES string of the molecule is NCc1cccc(CNC(=O)N2CCN3C(=O)OC(c4ccccc4)(c4ccccc4)C3C2)c1.O=C(O)C(F)(F)F. The second kappa shape index (κ2) is 12.3. The molecule has 0 aliphatic carbocycles. The van der Waals surface area contributed by atoms with Gasteiger partial charge in [0, 0.05) is 43.9 Å². The number of ether oxygens (including phenoxy) is 1. The van der Waals surface area contributed by atoms with E-state index in [0.29, 0.717) is 32.7 Å². The molecule has 3 aromatic rings. The number of cyclic esters (lactones) is 1. The Bertz CT molecular complexity index is 1330. The smallest absolute Gasteiger partial charge is 0.475 e. The van der Waals surface area contributed by atoms with Gasteiger partial charge in [0.1, 0.15) is 6.04 Å². The molecule has 0 aromatic heterocycles. The number of fused-ring (bicyclic) bond motifs is 1. The minimum absolute atomic E-state index is 0.160. The summed E-state index contributed by atoms with van der Waals surface area (Å²) in [6.45, 7) is 2.10. The summed E-state index contributed by atoms with van der Waals surface area (Å²) in [6.07, 6.45) is -5.43. The minimum atomic E-state index is -5.08. The van der Waals surface area contributed by atoms with Gasteiger partial charge in [0.05, 0.1) is 0 Å². The zero-order chi connectivity index (χ0) is 29.6. The fourth-order valence-electron chi connectivity index (χ4n) is 5.00. The molecule has 9 nitrogen and oxygen atoms in total. The van der Waals surface area contributed by atoms with Crippen molar-refractivity contribution < 1.29 is 37.4 Å². The standard InChI is InChI=1S/C27H28N4O3.C2HF3O2/c28-17-20-8-7-9-21(16-20)18-29-25(32)30-14-15-31-24(19-30)27(34-26(31)33,22-10-3-1-4-11-22)23-12-5-2-6-13-23;3-2(4,5)1(6)7/h1-13,16,24H,14-15,17-19,28H2,(H,29,32);(H,6,7). The van der Waals surface area contributed by atoms with Gasteiger partial charge in [-0.25, -0.2) is 14.4 Å². The average Bonchev–Trinajstić information content (AvgIpc) is 3.29. The van der Waals surface area contributed by atoms with Crippen LogP contribution in [-0.4, -0.2) is 64.9 Å². The molecule has 3 amide bonds. The van der Waals surface area contributed by atoms with Crippen molar-refractivity contribution in [3.05, 3.63) is 107 Å². The first-order chi connectivity index (χ1) is 19.6. The Morgan fingerprint density at radius 2 is 1.51 bits per heavy atom. The molecule has 12 heteroatoms. The van der Waals surface area contributed by atoms with Crippen LogP contribution >= 0.6 is 0 Å². The number of aliphatic carboxylic acids is 1. The number of nitrogens with one attached hydrogen (secondary N) is 1. The van der Waals surface area contributed by atoms with E-state index >= 15 is 0 Å². The Hall–Kier alpha value is -4.58. The Morgan fingerprint density at radius 3 is 2.05 bits per heavy atom. The van der Waals surface area contributed by atoms with Crippen LogP contribution in [0.4, 0.5) is 22.8 Å². The molecule has 1 unspecified atom stereocenters. The number of carboxylic acid groups (broad SMARTS) is 1. The Kier molecular flexibility index (Phi) is 8.82. The Labute approximate surface area is 234 Å². The number of alkyl halides is 3. The summed E-state index contributed by atoms with van der Waals surface area (Å²) in [5.74, 6) is -2.76. The number of halogens is 3. The number of nitrogens with zero attached hydrogens (tertiary/aromatic N) is 2. The highest BCUT2D eigenvalue weighted by Crippen LogP contribution is 2.45. The molecular formula is C29H29F3N4O5. The molecule has 0 spiro atoms. The van der Waals surface area contributed by atoms with Crippen LogP contribution in [0.15, 0.2) is 84.9 Å². The second-order valence-electron chi connectivity index (χ2n) is 9.48. The molecule has 41 heavy (non-hydrogen) atoms. The fourth-order valence-corrected chi connectivity index (χ4v) is 5.00. The van der Waals surface area contributed by atoms with Gasteiger partial charge in [0.25, 0.3) is 0 Å². The van der Waals surface area contributed by atoms with Crippen molar-refractivity contribution >= 4 is 18.1 Å². The van der Waals surface area contributed by atoms with E-state index in [1.165, 1.54) is 0 Å². The van der Waals surface area contributed by atoms with Crippen LogP contribution in [0.5, 0.6) is 0 Å². The van der Waals surface area contributed by atoms with Gasteiger partial charge in [-0.1, -0.05) is 84.9 Å². The van der Waals surface area contributed by atoms with E-state index in [2.05, 4.69) is 5.32 Å². The average molecular weight is 571 g/mol. The van der Waals surface area contributed by atoms with Crippen LogP contribution in [0.2, 0.25) is 0 Å². The predicted octanol–water partition coefficient (Wildman–Crippen LogP) is 4.07. The van der Waals surface area contributed by atoms with Gasteiger partial charge in [-0.15, -0.1) is 0 Å². The van der Waals surface area contributed by atoms with Gasteiger partial charge in [0.15, 0.2) is 5.60 Å². The number of hydrogen-bond donors (Lipinski definition) is 3. The van der Waals surface area contributed by atoms with Crippen LogP contribution in [-0.2, 0) is 28.2 Å². The summed E-state index contributed by atoms with van der Waals surface area (Å²) in [5, 5.41) is 10.1. The van der Waals surface area contributed by atoms with Crippen molar-refractivity contribution in [2.24, 2.45) is 5.73 Å². The van der Waals surface area contributed by atoms with Crippen LogP contribution in [0.25, 0.3) is 0 Å². The van der Waals surface area contributed by atoms with E-state index in [4.69, 9.17) is 20.4 Å². The molecular weight excluding hydrogens is 541 g/mol. The fraction of sp³-hybridized carbons (Fsp3) is 0.276. The summed E-state index contributed by atoms with van der Waals surface area (Å²) in [7, 11) is 0. The van der Waals surface area contributed by atoms with E-state index in [0.717, 1.165) is 22.3 Å². The van der Waals surface area contributed by atoms with Crippen molar-refractivity contribution in [3.8, 4) is 0 Å². The second-order valence-corrected chi connectivity index (χ2v) is 9.48. The third-order valence-corrected chi connectivity index (χ3v) is 6.94. The van der Waals surface area contributed by atoms with Crippen molar-refractivity contribution in [1.82, 2.24) is 15.1 Å². The van der Waals surface area contributed by atoms with Gasteiger partial charge in [0.2, 0.25) is 0 Å². The highest BCUT2D eigenvalue weighted by atomic mass is 19.4. The van der Waals surface area contributed by atoms with E-state index in [1.54, 1.807) is 9.80 Å². The van der Waals surface area contributed by atoms with Crippen LogP contribution in [0.3, 0.4) is 0 Å². The maximum atomic E-state index is 13.1. The summed E-state index contributed by atoms with van der Waals surface area (Å²) in [4.78, 5) is 38.5. The minimum Gasteiger partial charge on any atom is -0.475 e. The summed E-state index contributed by atoms with van der Waals surface area (Å²) < 4.78 is 37.9. The maximum absolute atomic E-state index is 13.1. The molecule has 0 bridgehead atoms. The van der Waals surface area contributed by atoms with Crippen molar-refractivity contribution in [3.63, 3.8) is 0 Å². The lowest BCUT2D eigenvalue weighted by Gasteiger charge is -2.42. The molecule has 4 N–H and O–H groups in total. The third kappa shape index (κ3) is 6.43. The molecule has 2 heterocycles. The van der Waals surface area contributed by atoms with Crippen LogP contribution < -0.4 is 11.1 Å². The summed E-state index contributed by atoms with van der Waals surface area (Å²) in [6, 6.07) is 26.9. The van der Waals surface area contributed by atoms with E-state index in [-0.39, 0.29) is 18.2 Å². The largest absolute Gasteiger partial charge is 0.490 e. The molecule has 2 fully saturated rings. The van der Waals surface area contributed by atoms with Gasteiger partial charge < -0.3 is 25.8 Å². The monoisotopic (exact) mass is 570 g/mol. The number of rotatable bonds is 5. The van der Waals surface area contributed by atoms with Crippen molar-refractivity contribution in [1.29, 1.82) is 0 Å². The lowest BCUT2D eigenvalue weighted by Crippen LogP contribution is -2.59. The normalized spacial score (nSPS) is 17.6. The number of carbonyl (C=O) groups is 3. The van der Waals surface area contributed by atoms with Crippen LogP contribution in [0, 0.1) is 0 Å².